The Hall–Kier alpha value is -1.66. The second kappa shape index (κ2) is 5.76. The fraction of sp³-hybridized carbons (Fsp3) is 0.529. The Bertz CT molecular complexity index is 722. The number of thiophene rings is 1. The van der Waals surface area contributed by atoms with Crippen LogP contribution in [0.15, 0.2) is 24.5 Å². The van der Waals surface area contributed by atoms with E-state index in [-0.39, 0.29) is 5.91 Å². The number of rotatable bonds is 3. The van der Waals surface area contributed by atoms with Crippen LogP contribution in [0, 0.1) is 6.92 Å². The van der Waals surface area contributed by atoms with E-state index in [1.54, 1.807) is 10.9 Å². The van der Waals surface area contributed by atoms with E-state index in [0.29, 0.717) is 17.6 Å². The second-order valence-corrected chi connectivity index (χ2v) is 7.97. The highest BCUT2D eigenvalue weighted by atomic mass is 32.1. The molecule has 2 aliphatic rings. The molecule has 4 heterocycles. The first-order valence-corrected chi connectivity index (χ1v) is 9.02. The Kier molecular flexibility index (Phi) is 3.73. The molecule has 0 spiro atoms. The summed E-state index contributed by atoms with van der Waals surface area (Å²) in [5.74, 6) is 0.138. The van der Waals surface area contributed by atoms with Crippen LogP contribution in [0.4, 0.5) is 0 Å². The Balaban J connectivity index is 1.46. The maximum atomic E-state index is 12.7. The molecule has 0 N–H and O–H groups in total. The van der Waals surface area contributed by atoms with E-state index in [1.807, 2.05) is 24.6 Å². The fourth-order valence-electron chi connectivity index (χ4n) is 3.99. The molecular formula is C17H22N4OS. The van der Waals surface area contributed by atoms with E-state index in [9.17, 15) is 4.79 Å². The monoisotopic (exact) mass is 330 g/mol. The van der Waals surface area contributed by atoms with E-state index in [1.165, 1.54) is 9.75 Å². The summed E-state index contributed by atoms with van der Waals surface area (Å²) in [6, 6.07) is 5.31. The lowest BCUT2D eigenvalue weighted by Crippen LogP contribution is -2.39. The van der Waals surface area contributed by atoms with Gasteiger partial charge >= 0.3 is 0 Å². The second-order valence-electron chi connectivity index (χ2n) is 6.60. The van der Waals surface area contributed by atoms with Gasteiger partial charge in [-0.2, -0.15) is 5.10 Å². The molecule has 2 fully saturated rings. The van der Waals surface area contributed by atoms with Crippen molar-refractivity contribution < 1.29 is 4.79 Å². The molecular weight excluding hydrogens is 308 g/mol. The van der Waals surface area contributed by atoms with Gasteiger partial charge in [0.25, 0.3) is 5.91 Å². The predicted octanol–water partition coefficient (Wildman–Crippen LogP) is 2.28. The topological polar surface area (TPSA) is 41.4 Å². The molecule has 2 aromatic heterocycles. The third-order valence-corrected chi connectivity index (χ3v) is 6.04. The molecule has 6 heteroatoms. The number of carbonyl (C=O) groups is 1. The van der Waals surface area contributed by atoms with Crippen LogP contribution in [-0.4, -0.2) is 50.7 Å². The van der Waals surface area contributed by atoms with Crippen molar-refractivity contribution in [3.63, 3.8) is 0 Å². The Morgan fingerprint density at radius 2 is 2.13 bits per heavy atom. The van der Waals surface area contributed by atoms with Crippen molar-refractivity contribution in [2.24, 2.45) is 7.05 Å². The first-order valence-electron chi connectivity index (χ1n) is 8.21. The van der Waals surface area contributed by atoms with Crippen LogP contribution in [0.3, 0.4) is 0 Å². The lowest BCUT2D eigenvalue weighted by molar-refractivity contribution is 0.0732. The molecule has 0 aliphatic carbocycles. The first kappa shape index (κ1) is 14.9. The number of hydrogen-bond donors (Lipinski definition) is 0. The van der Waals surface area contributed by atoms with Gasteiger partial charge in [-0.25, -0.2) is 0 Å². The zero-order valence-corrected chi connectivity index (χ0v) is 14.4. The van der Waals surface area contributed by atoms with Gasteiger partial charge in [-0.3, -0.25) is 14.4 Å². The maximum Gasteiger partial charge on any atom is 0.257 e. The van der Waals surface area contributed by atoms with Gasteiger partial charge in [0, 0.05) is 54.7 Å². The summed E-state index contributed by atoms with van der Waals surface area (Å²) in [7, 11) is 1.85. The van der Waals surface area contributed by atoms with Crippen LogP contribution in [0.5, 0.6) is 0 Å². The van der Waals surface area contributed by atoms with Crippen molar-refractivity contribution in [1.29, 1.82) is 0 Å². The van der Waals surface area contributed by atoms with Gasteiger partial charge in [-0.05, 0) is 31.9 Å². The lowest BCUT2D eigenvalue weighted by atomic mass is 10.1. The summed E-state index contributed by atoms with van der Waals surface area (Å²) in [5.41, 5.74) is 0.709. The van der Waals surface area contributed by atoms with Crippen molar-refractivity contribution in [3.05, 3.63) is 39.8 Å². The third-order valence-electron chi connectivity index (χ3n) is 5.06. The van der Waals surface area contributed by atoms with Gasteiger partial charge < -0.3 is 4.90 Å². The minimum absolute atomic E-state index is 0.138. The summed E-state index contributed by atoms with van der Waals surface area (Å²) in [6.45, 7) is 5.13. The Morgan fingerprint density at radius 1 is 1.30 bits per heavy atom. The average molecular weight is 330 g/mol. The first-order chi connectivity index (χ1) is 11.1. The van der Waals surface area contributed by atoms with Crippen LogP contribution in [0.25, 0.3) is 0 Å². The number of carbonyl (C=O) groups excluding carboxylic acids is 1. The van der Waals surface area contributed by atoms with Crippen molar-refractivity contribution in [3.8, 4) is 0 Å². The highest BCUT2D eigenvalue weighted by Gasteiger charge is 2.44. The van der Waals surface area contributed by atoms with Gasteiger partial charge in [0.2, 0.25) is 0 Å². The van der Waals surface area contributed by atoms with E-state index in [4.69, 9.17) is 0 Å². The standard InChI is InChI=1S/C17H22N4OS/c1-12-3-4-14(23-12)11-20-7-5-16-15(20)6-8-21(16)17(22)13-9-18-19(2)10-13/h3-4,9-10,15-16H,5-8,11H2,1-2H3/t15-,16+/m0/s1. The van der Waals surface area contributed by atoms with Gasteiger partial charge in [0.15, 0.2) is 0 Å². The highest BCUT2D eigenvalue weighted by molar-refractivity contribution is 7.11. The Morgan fingerprint density at radius 3 is 2.83 bits per heavy atom. The molecule has 2 saturated heterocycles. The van der Waals surface area contributed by atoms with Crippen molar-refractivity contribution in [2.75, 3.05) is 13.1 Å². The zero-order valence-electron chi connectivity index (χ0n) is 13.6. The van der Waals surface area contributed by atoms with Gasteiger partial charge in [-0.15, -0.1) is 11.3 Å². The number of aromatic nitrogens is 2. The fourth-order valence-corrected chi connectivity index (χ4v) is 4.91. The summed E-state index contributed by atoms with van der Waals surface area (Å²) < 4.78 is 1.70. The summed E-state index contributed by atoms with van der Waals surface area (Å²) in [5, 5.41) is 4.13. The smallest absolute Gasteiger partial charge is 0.257 e. The van der Waals surface area contributed by atoms with Crippen LogP contribution in [0.1, 0.15) is 33.0 Å². The van der Waals surface area contributed by atoms with Gasteiger partial charge in [0.1, 0.15) is 0 Å². The van der Waals surface area contributed by atoms with E-state index in [2.05, 4.69) is 34.0 Å². The molecule has 0 saturated carbocycles. The SMILES string of the molecule is Cc1ccc(CN2CC[C@@H]3[C@@H]2CCN3C(=O)c2cnn(C)c2)s1. The van der Waals surface area contributed by atoms with Crippen LogP contribution < -0.4 is 0 Å². The molecule has 0 unspecified atom stereocenters. The van der Waals surface area contributed by atoms with Crippen molar-refractivity contribution in [1.82, 2.24) is 19.6 Å². The lowest BCUT2D eigenvalue weighted by Gasteiger charge is -2.25. The van der Waals surface area contributed by atoms with Gasteiger partial charge in [-0.1, -0.05) is 0 Å². The van der Waals surface area contributed by atoms with Crippen molar-refractivity contribution in [2.45, 2.75) is 38.4 Å². The number of likely N-dealkylation sites (tertiary alicyclic amines) is 2. The molecule has 2 aliphatic heterocycles. The normalized spacial score (nSPS) is 24.3. The quantitative estimate of drug-likeness (QED) is 0.867. The van der Waals surface area contributed by atoms with E-state index < -0.39 is 0 Å². The zero-order chi connectivity index (χ0) is 16.0. The molecule has 5 nitrogen and oxygen atoms in total. The number of amides is 1. The number of hydrogen-bond acceptors (Lipinski definition) is 4. The van der Waals surface area contributed by atoms with Crippen LogP contribution in [0.2, 0.25) is 0 Å². The molecule has 122 valence electrons. The van der Waals surface area contributed by atoms with Gasteiger partial charge in [0.05, 0.1) is 11.8 Å². The number of fused-ring (bicyclic) bond motifs is 1. The molecule has 23 heavy (non-hydrogen) atoms. The summed E-state index contributed by atoms with van der Waals surface area (Å²) in [6.07, 6.45) is 5.66. The molecule has 1 amide bonds. The molecule has 2 atom stereocenters. The van der Waals surface area contributed by atoms with E-state index >= 15 is 0 Å². The van der Waals surface area contributed by atoms with Crippen molar-refractivity contribution >= 4 is 17.2 Å². The molecule has 0 aromatic carbocycles. The van der Waals surface area contributed by atoms with E-state index in [0.717, 1.165) is 32.5 Å². The predicted molar refractivity (Wildman–Crippen MR) is 90.5 cm³/mol. The number of nitrogens with zero attached hydrogens (tertiary/aromatic N) is 4. The summed E-state index contributed by atoms with van der Waals surface area (Å²) >= 11 is 1.88. The van der Waals surface area contributed by atoms with Crippen LogP contribution >= 0.6 is 11.3 Å². The number of aryl methyl sites for hydroxylation is 2. The highest BCUT2D eigenvalue weighted by Crippen LogP contribution is 2.34. The molecule has 0 radical (unpaired) electrons. The molecule has 2 aromatic rings. The minimum atomic E-state index is 0.138. The van der Waals surface area contributed by atoms with Crippen LogP contribution in [-0.2, 0) is 13.6 Å². The third kappa shape index (κ3) is 2.70. The maximum absolute atomic E-state index is 12.7. The molecule has 4 rings (SSSR count). The molecule has 0 bridgehead atoms. The largest absolute Gasteiger partial charge is 0.334 e. The minimum Gasteiger partial charge on any atom is -0.334 e. The average Bonchev–Trinajstić information content (AvgIpc) is 3.26. The Labute approximate surface area is 140 Å². The summed E-state index contributed by atoms with van der Waals surface area (Å²) in [4.78, 5) is 20.2.